The van der Waals surface area contributed by atoms with Gasteiger partial charge in [-0.3, -0.25) is 19.1 Å². The van der Waals surface area contributed by atoms with Gasteiger partial charge in [0, 0.05) is 24.2 Å². The smallest absolute Gasteiger partial charge is 0.261 e. The van der Waals surface area contributed by atoms with Gasteiger partial charge in [0.05, 0.1) is 22.3 Å². The molecule has 3 heterocycles. The highest BCUT2D eigenvalue weighted by molar-refractivity contribution is 6.06. The molecule has 29 heavy (non-hydrogen) atoms. The van der Waals surface area contributed by atoms with Crippen molar-refractivity contribution in [1.29, 1.82) is 0 Å². The van der Waals surface area contributed by atoms with Crippen LogP contribution in [0.2, 0.25) is 0 Å². The summed E-state index contributed by atoms with van der Waals surface area (Å²) in [6.07, 6.45) is 5.16. The topological polar surface area (TPSA) is 76.9 Å². The third-order valence-electron chi connectivity index (χ3n) is 5.59. The van der Waals surface area contributed by atoms with Gasteiger partial charge in [-0.2, -0.15) is 0 Å². The predicted octanol–water partition coefficient (Wildman–Crippen LogP) is 4.09. The summed E-state index contributed by atoms with van der Waals surface area (Å²) in [6, 6.07) is 7.09. The van der Waals surface area contributed by atoms with Gasteiger partial charge in [-0.15, -0.1) is 0 Å². The molecule has 0 saturated heterocycles. The Bertz CT molecular complexity index is 1140. The molecule has 6 heteroatoms. The zero-order chi connectivity index (χ0) is 20.5. The van der Waals surface area contributed by atoms with Crippen molar-refractivity contribution in [3.8, 4) is 0 Å². The molecule has 3 aromatic rings. The van der Waals surface area contributed by atoms with E-state index in [0.29, 0.717) is 16.5 Å². The van der Waals surface area contributed by atoms with Gasteiger partial charge in [0.15, 0.2) is 0 Å². The van der Waals surface area contributed by atoms with Crippen LogP contribution in [0.15, 0.2) is 29.1 Å². The van der Waals surface area contributed by atoms with E-state index in [1.165, 1.54) is 6.42 Å². The fourth-order valence-corrected chi connectivity index (χ4v) is 4.13. The number of carbonyl (C=O) groups excluding carboxylic acids is 1. The number of nitrogens with zero attached hydrogens (tertiary/aromatic N) is 3. The molecule has 0 radical (unpaired) electrons. The Balaban J connectivity index is 1.71. The summed E-state index contributed by atoms with van der Waals surface area (Å²) in [5.41, 5.74) is 4.48. The second kappa shape index (κ2) is 7.78. The third-order valence-corrected chi connectivity index (χ3v) is 5.59. The van der Waals surface area contributed by atoms with Crippen LogP contribution >= 0.6 is 0 Å². The summed E-state index contributed by atoms with van der Waals surface area (Å²) in [4.78, 5) is 35.0. The van der Waals surface area contributed by atoms with Gasteiger partial charge in [-0.05, 0) is 63.4 Å². The quantitative estimate of drug-likeness (QED) is 0.715. The van der Waals surface area contributed by atoms with E-state index in [1.54, 1.807) is 18.2 Å². The summed E-state index contributed by atoms with van der Waals surface area (Å²) in [5, 5.41) is 3.53. The second-order valence-electron chi connectivity index (χ2n) is 7.88. The molecule has 0 unspecified atom stereocenters. The number of hydrogen-bond donors (Lipinski definition) is 1. The summed E-state index contributed by atoms with van der Waals surface area (Å²) < 4.78 is 1.81. The molecule has 0 bridgehead atoms. The molecule has 0 aliphatic carbocycles. The molecule has 6 nitrogen and oxygen atoms in total. The molecule has 4 rings (SSSR count). The number of hydrogen-bond acceptors (Lipinski definition) is 4. The monoisotopic (exact) mass is 390 g/mol. The highest BCUT2D eigenvalue weighted by Crippen LogP contribution is 2.21. The largest absolute Gasteiger partial charge is 0.320 e. The molecule has 1 aromatic carbocycles. The number of fused-ring (bicyclic) bond motifs is 2. The van der Waals surface area contributed by atoms with Gasteiger partial charge in [0.25, 0.3) is 11.5 Å². The molecule has 2 aromatic heterocycles. The molecule has 0 fully saturated rings. The summed E-state index contributed by atoms with van der Waals surface area (Å²) >= 11 is 0. The van der Waals surface area contributed by atoms with Crippen LogP contribution in [0.4, 0.5) is 5.69 Å². The van der Waals surface area contributed by atoms with Crippen LogP contribution in [0, 0.1) is 20.8 Å². The Labute approximate surface area is 170 Å². The maximum Gasteiger partial charge on any atom is 0.261 e. The van der Waals surface area contributed by atoms with E-state index in [1.807, 2.05) is 31.4 Å². The average Bonchev–Trinajstić information content (AvgIpc) is 2.65. The normalized spacial score (nSPS) is 14.2. The molecule has 150 valence electrons. The minimum absolute atomic E-state index is 0.00622. The Kier molecular flexibility index (Phi) is 5.18. The second-order valence-corrected chi connectivity index (χ2v) is 7.88. The molecule has 1 aliphatic rings. The van der Waals surface area contributed by atoms with Gasteiger partial charge in [0.2, 0.25) is 0 Å². The fourth-order valence-electron chi connectivity index (χ4n) is 4.13. The van der Waals surface area contributed by atoms with Crippen molar-refractivity contribution >= 4 is 22.5 Å². The maximum absolute atomic E-state index is 12.9. The Morgan fingerprint density at radius 3 is 2.62 bits per heavy atom. The van der Waals surface area contributed by atoms with Gasteiger partial charge in [-0.1, -0.05) is 12.8 Å². The SMILES string of the molecule is Cc1cc(C)c(NC(=O)c2ccc3c(=O)n4c(nc3c2)CCCCCC4)c(C)n1. The first-order chi connectivity index (χ1) is 13.9. The van der Waals surface area contributed by atoms with Gasteiger partial charge < -0.3 is 5.32 Å². The summed E-state index contributed by atoms with van der Waals surface area (Å²) in [7, 11) is 0. The molecule has 1 amide bonds. The van der Waals surface area contributed by atoms with Crippen molar-refractivity contribution < 1.29 is 4.79 Å². The lowest BCUT2D eigenvalue weighted by atomic mass is 10.1. The van der Waals surface area contributed by atoms with Crippen LogP contribution in [-0.2, 0) is 13.0 Å². The standard InChI is InChI=1S/C23H26N4O2/c1-14-12-15(2)24-16(3)21(14)26-22(28)17-9-10-18-19(13-17)25-20-8-6-4-5-7-11-27(20)23(18)29/h9-10,12-13H,4-8,11H2,1-3H3,(H,26,28). The zero-order valence-electron chi connectivity index (χ0n) is 17.2. The van der Waals surface area contributed by atoms with Crippen molar-refractivity contribution in [3.05, 3.63) is 63.0 Å². The Morgan fingerprint density at radius 1 is 1.03 bits per heavy atom. The van der Waals surface area contributed by atoms with Crippen molar-refractivity contribution in [3.63, 3.8) is 0 Å². The molecular formula is C23H26N4O2. The minimum Gasteiger partial charge on any atom is -0.320 e. The first-order valence-corrected chi connectivity index (χ1v) is 10.2. The van der Waals surface area contributed by atoms with E-state index in [-0.39, 0.29) is 11.5 Å². The van der Waals surface area contributed by atoms with Crippen LogP contribution in [0.5, 0.6) is 0 Å². The van der Waals surface area contributed by atoms with E-state index < -0.39 is 0 Å². The van der Waals surface area contributed by atoms with Crippen LogP contribution in [0.25, 0.3) is 10.9 Å². The predicted molar refractivity (Wildman–Crippen MR) is 115 cm³/mol. The molecule has 0 saturated carbocycles. The number of amides is 1. The number of nitrogens with one attached hydrogen (secondary N) is 1. The van der Waals surface area contributed by atoms with Crippen molar-refractivity contribution in [2.24, 2.45) is 0 Å². The highest BCUT2D eigenvalue weighted by Gasteiger charge is 2.16. The first-order valence-electron chi connectivity index (χ1n) is 10.2. The summed E-state index contributed by atoms with van der Waals surface area (Å²) in [5.74, 6) is 0.603. The van der Waals surface area contributed by atoms with Crippen LogP contribution in [0.3, 0.4) is 0 Å². The van der Waals surface area contributed by atoms with Crippen molar-refractivity contribution in [2.75, 3.05) is 5.32 Å². The van der Waals surface area contributed by atoms with Gasteiger partial charge >= 0.3 is 0 Å². The van der Waals surface area contributed by atoms with E-state index in [4.69, 9.17) is 4.98 Å². The molecule has 1 aliphatic heterocycles. The highest BCUT2D eigenvalue weighted by atomic mass is 16.1. The number of rotatable bonds is 2. The van der Waals surface area contributed by atoms with E-state index in [0.717, 1.165) is 60.7 Å². The lowest BCUT2D eigenvalue weighted by Gasteiger charge is -2.16. The van der Waals surface area contributed by atoms with Gasteiger partial charge in [-0.25, -0.2) is 4.98 Å². The average molecular weight is 390 g/mol. The lowest BCUT2D eigenvalue weighted by molar-refractivity contribution is 0.102. The molecule has 0 atom stereocenters. The molecular weight excluding hydrogens is 364 g/mol. The van der Waals surface area contributed by atoms with Crippen LogP contribution in [-0.4, -0.2) is 20.4 Å². The number of carbonyl (C=O) groups is 1. The van der Waals surface area contributed by atoms with Crippen molar-refractivity contribution in [1.82, 2.24) is 14.5 Å². The molecule has 0 spiro atoms. The summed E-state index contributed by atoms with van der Waals surface area (Å²) in [6.45, 7) is 6.50. The first kappa shape index (κ1) is 19.3. The number of aryl methyl sites for hydroxylation is 4. The maximum atomic E-state index is 12.9. The zero-order valence-corrected chi connectivity index (χ0v) is 17.2. The van der Waals surface area contributed by atoms with E-state index >= 15 is 0 Å². The third kappa shape index (κ3) is 3.79. The number of anilines is 1. The lowest BCUT2D eigenvalue weighted by Crippen LogP contribution is -2.26. The molecule has 1 N–H and O–H groups in total. The van der Waals surface area contributed by atoms with Crippen LogP contribution < -0.4 is 10.9 Å². The van der Waals surface area contributed by atoms with Gasteiger partial charge in [0.1, 0.15) is 5.82 Å². The Morgan fingerprint density at radius 2 is 1.83 bits per heavy atom. The number of benzene rings is 1. The van der Waals surface area contributed by atoms with Crippen LogP contribution in [0.1, 0.15) is 58.8 Å². The fraction of sp³-hybridized carbons (Fsp3) is 0.391. The Hall–Kier alpha value is -3.02. The minimum atomic E-state index is -0.225. The van der Waals surface area contributed by atoms with E-state index in [9.17, 15) is 9.59 Å². The number of aromatic nitrogens is 3. The number of pyridine rings is 1. The van der Waals surface area contributed by atoms with Crippen molar-refractivity contribution in [2.45, 2.75) is 59.4 Å². The van der Waals surface area contributed by atoms with E-state index in [2.05, 4.69) is 10.3 Å².